The fourth-order valence-corrected chi connectivity index (χ4v) is 2.80. The molecule has 0 fully saturated rings. The highest BCUT2D eigenvalue weighted by Gasteiger charge is 2.36. The van der Waals surface area contributed by atoms with Gasteiger partial charge in [0.05, 0.1) is 12.8 Å². The Balaban J connectivity index is 2.21. The summed E-state index contributed by atoms with van der Waals surface area (Å²) in [5.74, 6) is -0.400. The monoisotopic (exact) mass is 388 g/mol. The summed E-state index contributed by atoms with van der Waals surface area (Å²) in [5.41, 5.74) is 2.71. The number of hydrogen-bond acceptors (Lipinski definition) is 3. The molecule has 0 aliphatic rings. The van der Waals surface area contributed by atoms with E-state index < -0.39 is 17.2 Å². The van der Waals surface area contributed by atoms with Gasteiger partial charge < -0.3 is 15.4 Å². The van der Waals surface area contributed by atoms with Crippen molar-refractivity contribution < 1.29 is 14.3 Å². The Morgan fingerprint density at radius 2 is 1.48 bits per heavy atom. The summed E-state index contributed by atoms with van der Waals surface area (Å²) in [5, 5.41) is 6.14. The molecule has 0 heterocycles. The Morgan fingerprint density at radius 3 is 2.04 bits per heavy atom. The highest BCUT2D eigenvalue weighted by molar-refractivity contribution is 6.31. The van der Waals surface area contributed by atoms with E-state index in [2.05, 4.69) is 10.6 Å². The van der Waals surface area contributed by atoms with Crippen LogP contribution in [-0.4, -0.2) is 18.9 Å². The number of rotatable bonds is 5. The molecule has 0 bridgehead atoms. The molecule has 0 saturated carbocycles. The smallest absolute Gasteiger partial charge is 0.239 e. The van der Waals surface area contributed by atoms with Gasteiger partial charge in [-0.2, -0.15) is 0 Å². The molecule has 2 aromatic carbocycles. The van der Waals surface area contributed by atoms with Crippen molar-refractivity contribution in [3.8, 4) is 5.75 Å². The maximum atomic E-state index is 12.8. The average molecular weight is 389 g/mol. The second-order valence-corrected chi connectivity index (χ2v) is 7.62. The minimum absolute atomic E-state index is 0.394. The zero-order valence-electron chi connectivity index (χ0n) is 16.5. The number of hydrogen-bond donors (Lipinski definition) is 2. The minimum Gasteiger partial charge on any atom is -0.495 e. The van der Waals surface area contributed by atoms with Crippen molar-refractivity contribution in [2.24, 2.45) is 5.41 Å². The topological polar surface area (TPSA) is 67.4 Å². The van der Waals surface area contributed by atoms with Gasteiger partial charge in [0.2, 0.25) is 11.8 Å². The molecular weight excluding hydrogens is 364 g/mol. The van der Waals surface area contributed by atoms with Crippen LogP contribution in [0.2, 0.25) is 5.02 Å². The van der Waals surface area contributed by atoms with E-state index in [9.17, 15) is 9.59 Å². The highest BCUT2D eigenvalue weighted by atomic mass is 35.5. The summed E-state index contributed by atoms with van der Waals surface area (Å²) in [6.07, 6.45) is 0. The summed E-state index contributed by atoms with van der Waals surface area (Å²) >= 11 is 6.10. The molecule has 0 atom stereocenters. The molecule has 144 valence electrons. The molecule has 2 rings (SSSR count). The number of carbonyl (C=O) groups is 2. The molecule has 0 radical (unpaired) electrons. The van der Waals surface area contributed by atoms with Gasteiger partial charge in [0.25, 0.3) is 0 Å². The van der Waals surface area contributed by atoms with Crippen LogP contribution in [0.25, 0.3) is 0 Å². The van der Waals surface area contributed by atoms with E-state index in [1.54, 1.807) is 26.0 Å². The van der Waals surface area contributed by atoms with Gasteiger partial charge in [-0.1, -0.05) is 17.7 Å². The molecule has 27 heavy (non-hydrogen) atoms. The van der Waals surface area contributed by atoms with Crippen LogP contribution < -0.4 is 15.4 Å². The molecule has 0 spiro atoms. The fourth-order valence-electron chi connectivity index (χ4n) is 2.65. The Bertz CT molecular complexity index is 871. The summed E-state index contributed by atoms with van der Waals surface area (Å²) in [7, 11) is 1.49. The Labute approximate surface area is 165 Å². The zero-order valence-corrected chi connectivity index (χ0v) is 17.2. The van der Waals surface area contributed by atoms with E-state index in [0.29, 0.717) is 22.1 Å². The van der Waals surface area contributed by atoms with Crippen LogP contribution in [0.3, 0.4) is 0 Å². The third-order valence-electron chi connectivity index (χ3n) is 4.34. The number of benzene rings is 2. The van der Waals surface area contributed by atoms with Crippen LogP contribution in [0, 0.1) is 26.2 Å². The van der Waals surface area contributed by atoms with Crippen molar-refractivity contribution in [1.82, 2.24) is 0 Å². The quantitative estimate of drug-likeness (QED) is 0.717. The number of nitrogens with one attached hydrogen (secondary N) is 2. The Hall–Kier alpha value is -2.53. The number of ether oxygens (including phenoxy) is 1. The minimum atomic E-state index is -1.30. The SMILES string of the molecule is COc1cc(Cl)c(C)cc1NC(=O)C(C)(C)C(=O)Nc1cc(C)cc(C)c1. The number of amides is 2. The fraction of sp³-hybridized carbons (Fsp3) is 0.333. The van der Waals surface area contributed by atoms with E-state index in [0.717, 1.165) is 16.7 Å². The lowest BCUT2D eigenvalue weighted by molar-refractivity contribution is -0.135. The zero-order chi connectivity index (χ0) is 20.4. The number of aryl methyl sites for hydroxylation is 3. The van der Waals surface area contributed by atoms with Gasteiger partial charge in [0, 0.05) is 16.8 Å². The summed E-state index contributed by atoms with van der Waals surface area (Å²) in [6, 6.07) is 9.10. The van der Waals surface area contributed by atoms with Crippen molar-refractivity contribution >= 4 is 34.8 Å². The molecule has 2 aromatic rings. The highest BCUT2D eigenvalue weighted by Crippen LogP contribution is 2.32. The molecule has 5 nitrogen and oxygen atoms in total. The van der Waals surface area contributed by atoms with Crippen molar-refractivity contribution in [2.45, 2.75) is 34.6 Å². The third-order valence-corrected chi connectivity index (χ3v) is 4.75. The van der Waals surface area contributed by atoms with E-state index in [4.69, 9.17) is 16.3 Å². The molecule has 2 N–H and O–H groups in total. The number of anilines is 2. The third kappa shape index (κ3) is 4.80. The van der Waals surface area contributed by atoms with Crippen LogP contribution in [-0.2, 0) is 9.59 Å². The van der Waals surface area contributed by atoms with Crippen molar-refractivity contribution in [3.63, 3.8) is 0 Å². The van der Waals surface area contributed by atoms with E-state index in [1.807, 2.05) is 39.0 Å². The number of halogens is 1. The Kier molecular flexibility index (Phi) is 6.16. The maximum Gasteiger partial charge on any atom is 0.239 e. The summed E-state index contributed by atoms with van der Waals surface area (Å²) < 4.78 is 5.28. The first-order valence-electron chi connectivity index (χ1n) is 8.60. The lowest BCUT2D eigenvalue weighted by Crippen LogP contribution is -2.41. The normalized spacial score (nSPS) is 11.1. The molecule has 2 amide bonds. The van der Waals surface area contributed by atoms with Gasteiger partial charge >= 0.3 is 0 Å². The van der Waals surface area contributed by atoms with Crippen LogP contribution >= 0.6 is 11.6 Å². The molecule has 6 heteroatoms. The summed E-state index contributed by atoms with van der Waals surface area (Å²) in [6.45, 7) is 8.89. The van der Waals surface area contributed by atoms with Gasteiger partial charge in [-0.05, 0) is 69.5 Å². The lowest BCUT2D eigenvalue weighted by atomic mass is 9.90. The van der Waals surface area contributed by atoms with Gasteiger partial charge in [-0.3, -0.25) is 9.59 Å². The maximum absolute atomic E-state index is 12.8. The van der Waals surface area contributed by atoms with Gasteiger partial charge in [-0.25, -0.2) is 0 Å². The van der Waals surface area contributed by atoms with E-state index >= 15 is 0 Å². The molecule has 0 aromatic heterocycles. The second-order valence-electron chi connectivity index (χ2n) is 7.21. The van der Waals surface area contributed by atoms with Crippen LogP contribution in [0.4, 0.5) is 11.4 Å². The molecule has 0 saturated heterocycles. The molecule has 0 aliphatic heterocycles. The van der Waals surface area contributed by atoms with E-state index in [-0.39, 0.29) is 0 Å². The van der Waals surface area contributed by atoms with Gasteiger partial charge in [-0.15, -0.1) is 0 Å². The van der Waals surface area contributed by atoms with Gasteiger partial charge in [0.15, 0.2) is 0 Å². The van der Waals surface area contributed by atoms with Crippen LogP contribution in [0.15, 0.2) is 30.3 Å². The summed E-state index contributed by atoms with van der Waals surface area (Å²) in [4.78, 5) is 25.5. The van der Waals surface area contributed by atoms with Crippen LogP contribution in [0.5, 0.6) is 5.75 Å². The number of carbonyl (C=O) groups excluding carboxylic acids is 2. The largest absolute Gasteiger partial charge is 0.495 e. The first-order valence-corrected chi connectivity index (χ1v) is 8.97. The second kappa shape index (κ2) is 8.01. The van der Waals surface area contributed by atoms with Crippen LogP contribution in [0.1, 0.15) is 30.5 Å². The Morgan fingerprint density at radius 1 is 0.926 bits per heavy atom. The molecular formula is C21H25ClN2O3. The van der Waals surface area contributed by atoms with Crippen molar-refractivity contribution in [2.75, 3.05) is 17.7 Å². The predicted molar refractivity (Wildman–Crippen MR) is 110 cm³/mol. The van der Waals surface area contributed by atoms with Crippen molar-refractivity contribution in [1.29, 1.82) is 0 Å². The average Bonchev–Trinajstić information content (AvgIpc) is 2.56. The first-order chi connectivity index (χ1) is 12.5. The van der Waals surface area contributed by atoms with Crippen molar-refractivity contribution in [3.05, 3.63) is 52.0 Å². The van der Waals surface area contributed by atoms with E-state index in [1.165, 1.54) is 7.11 Å². The number of methoxy groups -OCH3 is 1. The predicted octanol–water partition coefficient (Wildman–Crippen LogP) is 4.88. The molecule has 0 unspecified atom stereocenters. The molecule has 0 aliphatic carbocycles. The van der Waals surface area contributed by atoms with Gasteiger partial charge in [0.1, 0.15) is 11.2 Å². The lowest BCUT2D eigenvalue weighted by Gasteiger charge is -2.24. The first kappa shape index (κ1) is 20.8. The standard InChI is InChI=1S/C21H25ClN2O3/c1-12-7-13(2)9-15(8-12)23-19(25)21(4,5)20(26)24-17-10-14(3)16(22)11-18(17)27-6/h7-11H,1-6H3,(H,23,25)(H,24,26).